The van der Waals surface area contributed by atoms with E-state index >= 15 is 0 Å². The number of carbonyl (C=O) groups is 4. The van der Waals surface area contributed by atoms with Gasteiger partial charge in [-0.25, -0.2) is 0 Å². The second kappa shape index (κ2) is 13.6. The average molecular weight is 630 g/mol. The van der Waals surface area contributed by atoms with Crippen molar-refractivity contribution in [2.45, 2.75) is 20.3 Å². The van der Waals surface area contributed by atoms with E-state index in [0.29, 0.717) is 41.3 Å². The van der Waals surface area contributed by atoms with Crippen LogP contribution in [0.5, 0.6) is 0 Å². The molecule has 0 aromatic heterocycles. The standard InChI is InChI=1S/C38H39N5O4/c1-26-9-8-10-27(2)36(26)30-11-4-5-12-31(30)37(46)39-29-17-15-28(16-18-29)38(47)42-20-19-34(44)43(33-14-7-6-13-32(33)42)25-35(45)41-23-21-40(3)22-24-41/h4-18H,19-25H2,1-3H3,(H,39,46). The van der Waals surface area contributed by atoms with Gasteiger partial charge in [-0.15, -0.1) is 0 Å². The monoisotopic (exact) mass is 629 g/mol. The molecule has 1 N–H and O–H groups in total. The average Bonchev–Trinajstić information content (AvgIpc) is 3.21. The first-order valence-electron chi connectivity index (χ1n) is 16.0. The molecule has 240 valence electrons. The molecule has 4 aromatic rings. The molecule has 4 aromatic carbocycles. The van der Waals surface area contributed by atoms with Gasteiger partial charge in [-0.1, -0.05) is 48.5 Å². The Balaban J connectivity index is 1.19. The van der Waals surface area contributed by atoms with E-state index in [4.69, 9.17) is 0 Å². The SMILES string of the molecule is Cc1cccc(C)c1-c1ccccc1C(=O)Nc1ccc(C(=O)N2CCC(=O)N(CC(=O)N3CCN(C)CC3)c3ccccc32)cc1. The van der Waals surface area contributed by atoms with Crippen molar-refractivity contribution >= 4 is 40.7 Å². The number of fused-ring (bicyclic) bond motifs is 1. The summed E-state index contributed by atoms with van der Waals surface area (Å²) in [5.41, 5.74) is 6.74. The van der Waals surface area contributed by atoms with Gasteiger partial charge >= 0.3 is 0 Å². The number of aryl methyl sites for hydroxylation is 2. The normalized spacial score (nSPS) is 15.2. The second-order valence-electron chi connectivity index (χ2n) is 12.2. The Bertz CT molecular complexity index is 1810. The van der Waals surface area contributed by atoms with Crippen molar-refractivity contribution in [3.63, 3.8) is 0 Å². The van der Waals surface area contributed by atoms with E-state index in [2.05, 4.69) is 10.2 Å². The molecule has 6 rings (SSSR count). The number of nitrogens with one attached hydrogen (secondary N) is 1. The minimum Gasteiger partial charge on any atom is -0.339 e. The number of para-hydroxylation sites is 2. The van der Waals surface area contributed by atoms with Crippen LogP contribution in [0.3, 0.4) is 0 Å². The summed E-state index contributed by atoms with van der Waals surface area (Å²) < 4.78 is 0. The van der Waals surface area contributed by atoms with Crippen LogP contribution in [-0.4, -0.2) is 79.7 Å². The van der Waals surface area contributed by atoms with Crippen molar-refractivity contribution in [2.24, 2.45) is 0 Å². The number of benzene rings is 4. The number of nitrogens with zero attached hydrogens (tertiary/aromatic N) is 4. The molecular weight excluding hydrogens is 590 g/mol. The van der Waals surface area contributed by atoms with Crippen LogP contribution in [0.15, 0.2) is 91.0 Å². The molecule has 0 spiro atoms. The molecule has 1 fully saturated rings. The largest absolute Gasteiger partial charge is 0.339 e. The highest BCUT2D eigenvalue weighted by molar-refractivity contribution is 6.13. The molecule has 0 saturated carbocycles. The van der Waals surface area contributed by atoms with Gasteiger partial charge in [-0.05, 0) is 85.6 Å². The first-order chi connectivity index (χ1) is 22.7. The lowest BCUT2D eigenvalue weighted by Gasteiger charge is -2.34. The first kappa shape index (κ1) is 31.7. The van der Waals surface area contributed by atoms with Crippen molar-refractivity contribution in [1.82, 2.24) is 9.80 Å². The lowest BCUT2D eigenvalue weighted by Crippen LogP contribution is -2.50. The molecule has 0 atom stereocenters. The van der Waals surface area contributed by atoms with Crippen LogP contribution in [0.2, 0.25) is 0 Å². The van der Waals surface area contributed by atoms with E-state index in [1.807, 2.05) is 75.5 Å². The van der Waals surface area contributed by atoms with Crippen LogP contribution in [0, 0.1) is 13.8 Å². The molecule has 0 radical (unpaired) electrons. The third-order valence-corrected chi connectivity index (χ3v) is 9.02. The maximum absolute atomic E-state index is 13.9. The van der Waals surface area contributed by atoms with E-state index in [1.165, 1.54) is 4.90 Å². The number of hydrogen-bond acceptors (Lipinski definition) is 5. The van der Waals surface area contributed by atoms with Crippen LogP contribution in [-0.2, 0) is 9.59 Å². The van der Waals surface area contributed by atoms with Gasteiger partial charge in [0, 0.05) is 56.0 Å². The van der Waals surface area contributed by atoms with Crippen molar-refractivity contribution in [3.05, 3.63) is 113 Å². The number of hydrogen-bond donors (Lipinski definition) is 1. The molecule has 9 heteroatoms. The van der Waals surface area contributed by atoms with Crippen LogP contribution in [0.1, 0.15) is 38.3 Å². The van der Waals surface area contributed by atoms with Gasteiger partial charge < -0.3 is 24.9 Å². The van der Waals surface area contributed by atoms with E-state index in [0.717, 1.165) is 35.3 Å². The second-order valence-corrected chi connectivity index (χ2v) is 12.2. The third-order valence-electron chi connectivity index (χ3n) is 9.02. The molecule has 2 aliphatic heterocycles. The summed E-state index contributed by atoms with van der Waals surface area (Å²) in [6, 6.07) is 27.6. The predicted molar refractivity (Wildman–Crippen MR) is 185 cm³/mol. The molecule has 4 amide bonds. The van der Waals surface area contributed by atoms with Crippen LogP contribution >= 0.6 is 0 Å². The van der Waals surface area contributed by atoms with Gasteiger partial charge in [0.1, 0.15) is 6.54 Å². The van der Waals surface area contributed by atoms with Gasteiger partial charge in [0.25, 0.3) is 11.8 Å². The van der Waals surface area contributed by atoms with E-state index in [-0.39, 0.29) is 43.1 Å². The summed E-state index contributed by atoms with van der Waals surface area (Å²) in [5, 5.41) is 2.98. The number of anilines is 3. The molecule has 2 heterocycles. The quantitative estimate of drug-likeness (QED) is 0.309. The number of rotatable bonds is 6. The molecule has 2 aliphatic rings. The fraction of sp³-hybridized carbons (Fsp3) is 0.263. The minimum atomic E-state index is -0.268. The van der Waals surface area contributed by atoms with Crippen molar-refractivity contribution in [1.29, 1.82) is 0 Å². The summed E-state index contributed by atoms with van der Waals surface area (Å²) in [7, 11) is 2.03. The highest BCUT2D eigenvalue weighted by Crippen LogP contribution is 2.34. The zero-order valence-corrected chi connectivity index (χ0v) is 27.0. The minimum absolute atomic E-state index is 0.0669. The van der Waals surface area contributed by atoms with E-state index in [1.54, 1.807) is 46.2 Å². The Morgan fingerprint density at radius 1 is 0.723 bits per heavy atom. The topological polar surface area (TPSA) is 93.3 Å². The van der Waals surface area contributed by atoms with Crippen molar-refractivity contribution in [2.75, 3.05) is 61.4 Å². The third kappa shape index (κ3) is 6.66. The predicted octanol–water partition coefficient (Wildman–Crippen LogP) is 5.38. The van der Waals surface area contributed by atoms with E-state index < -0.39 is 0 Å². The fourth-order valence-electron chi connectivity index (χ4n) is 6.38. The summed E-state index contributed by atoms with van der Waals surface area (Å²) in [4.78, 5) is 61.0. The Morgan fingerprint density at radius 2 is 1.36 bits per heavy atom. The Hall–Kier alpha value is -5.28. The molecule has 0 bridgehead atoms. The van der Waals surface area contributed by atoms with Gasteiger partial charge in [-0.2, -0.15) is 0 Å². The molecule has 0 unspecified atom stereocenters. The molecule has 47 heavy (non-hydrogen) atoms. The molecule has 9 nitrogen and oxygen atoms in total. The number of piperazine rings is 1. The number of carbonyl (C=O) groups excluding carboxylic acids is 4. The fourth-order valence-corrected chi connectivity index (χ4v) is 6.38. The molecule has 1 saturated heterocycles. The molecular formula is C38H39N5O4. The van der Waals surface area contributed by atoms with Gasteiger partial charge in [0.05, 0.1) is 11.4 Å². The number of likely N-dealkylation sites (N-methyl/N-ethyl adjacent to an activating group) is 1. The Labute approximate surface area is 275 Å². The van der Waals surface area contributed by atoms with Crippen LogP contribution in [0.4, 0.5) is 17.1 Å². The van der Waals surface area contributed by atoms with E-state index in [9.17, 15) is 19.2 Å². The Kier molecular flexibility index (Phi) is 9.17. The lowest BCUT2D eigenvalue weighted by atomic mass is 9.92. The maximum atomic E-state index is 13.9. The van der Waals surface area contributed by atoms with Crippen molar-refractivity contribution in [3.8, 4) is 11.1 Å². The maximum Gasteiger partial charge on any atom is 0.258 e. The lowest BCUT2D eigenvalue weighted by molar-refractivity contribution is -0.132. The Morgan fingerprint density at radius 3 is 2.06 bits per heavy atom. The zero-order valence-electron chi connectivity index (χ0n) is 27.0. The highest BCUT2D eigenvalue weighted by atomic mass is 16.2. The van der Waals surface area contributed by atoms with Crippen LogP contribution in [0.25, 0.3) is 11.1 Å². The number of amides is 4. The summed E-state index contributed by atoms with van der Waals surface area (Å²) >= 11 is 0. The van der Waals surface area contributed by atoms with Gasteiger partial charge in [0.2, 0.25) is 11.8 Å². The van der Waals surface area contributed by atoms with Gasteiger partial charge in [0.15, 0.2) is 0 Å². The summed E-state index contributed by atoms with van der Waals surface area (Å²) in [6.07, 6.45) is 0.0876. The first-order valence-corrected chi connectivity index (χ1v) is 16.0. The smallest absolute Gasteiger partial charge is 0.258 e. The molecule has 0 aliphatic carbocycles. The van der Waals surface area contributed by atoms with Crippen molar-refractivity contribution < 1.29 is 19.2 Å². The summed E-state index contributed by atoms with van der Waals surface area (Å²) in [6.45, 7) is 7.03. The summed E-state index contributed by atoms with van der Waals surface area (Å²) in [5.74, 6) is -0.811. The highest BCUT2D eigenvalue weighted by Gasteiger charge is 2.32. The van der Waals surface area contributed by atoms with Crippen LogP contribution < -0.4 is 15.1 Å². The van der Waals surface area contributed by atoms with Gasteiger partial charge in [-0.3, -0.25) is 19.2 Å². The zero-order chi connectivity index (χ0) is 33.1.